The summed E-state index contributed by atoms with van der Waals surface area (Å²) in [5.41, 5.74) is 2.27. The Labute approximate surface area is 185 Å². The zero-order valence-electron chi connectivity index (χ0n) is 15.1. The maximum absolute atomic E-state index is 14.1. The molecule has 4 nitrogen and oxygen atoms in total. The predicted octanol–water partition coefficient (Wildman–Crippen LogP) is 6.04. The van der Waals surface area contributed by atoms with Crippen LogP contribution in [0.2, 0.25) is 10.2 Å². The fraction of sp³-hybridized carbons (Fsp3) is 0.143. The smallest absolute Gasteiger partial charge is 0.258 e. The van der Waals surface area contributed by atoms with Crippen LogP contribution in [0, 0.1) is 5.82 Å². The van der Waals surface area contributed by atoms with Crippen molar-refractivity contribution >= 4 is 45.0 Å². The molecule has 2 aromatic carbocycles. The van der Waals surface area contributed by atoms with Crippen molar-refractivity contribution in [2.45, 2.75) is 12.6 Å². The molecule has 0 radical (unpaired) electrons. The van der Waals surface area contributed by atoms with Gasteiger partial charge in [-0.15, -0.1) is 0 Å². The molecule has 0 aliphatic carbocycles. The molecule has 148 valence electrons. The number of pyridine rings is 1. The quantitative estimate of drug-likeness (QED) is 0.414. The molecular formula is C21H14BrCl2FN2O2. The number of methoxy groups -OCH3 is 1. The molecule has 4 rings (SSSR count). The van der Waals surface area contributed by atoms with Gasteiger partial charge in [-0.3, -0.25) is 4.79 Å². The summed E-state index contributed by atoms with van der Waals surface area (Å²) in [6, 6.07) is 10.9. The van der Waals surface area contributed by atoms with Gasteiger partial charge in [-0.1, -0.05) is 35.3 Å². The van der Waals surface area contributed by atoms with E-state index < -0.39 is 11.9 Å². The van der Waals surface area contributed by atoms with E-state index in [0.29, 0.717) is 31.9 Å². The molecule has 2 heterocycles. The summed E-state index contributed by atoms with van der Waals surface area (Å²) in [4.78, 5) is 19.0. The number of carbonyl (C=O) groups excluding carboxylic acids is 1. The number of ether oxygens (including phenoxy) is 1. The van der Waals surface area contributed by atoms with Gasteiger partial charge in [0.15, 0.2) is 0 Å². The molecule has 1 aliphatic rings. The SMILES string of the molecule is COc1ccc(CN2C(=O)c3c(Cl)ncc(Br)c3C2c2cc(F)ccc2Cl)cc1. The number of nitrogens with zero attached hydrogens (tertiary/aromatic N) is 2. The van der Waals surface area contributed by atoms with Crippen LogP contribution in [-0.4, -0.2) is 22.9 Å². The molecular weight excluding hydrogens is 482 g/mol. The van der Waals surface area contributed by atoms with E-state index in [-0.39, 0.29) is 17.6 Å². The Kier molecular flexibility index (Phi) is 5.51. The van der Waals surface area contributed by atoms with E-state index >= 15 is 0 Å². The normalized spacial score (nSPS) is 15.6. The van der Waals surface area contributed by atoms with Crippen molar-refractivity contribution < 1.29 is 13.9 Å². The van der Waals surface area contributed by atoms with Crippen LogP contribution in [0.25, 0.3) is 0 Å². The van der Waals surface area contributed by atoms with Crippen LogP contribution < -0.4 is 4.74 Å². The Balaban J connectivity index is 1.86. The van der Waals surface area contributed by atoms with Gasteiger partial charge in [0.25, 0.3) is 5.91 Å². The van der Waals surface area contributed by atoms with Crippen molar-refractivity contribution in [1.29, 1.82) is 0 Å². The summed E-state index contributed by atoms with van der Waals surface area (Å²) in [6.45, 7) is 0.276. The molecule has 3 aromatic rings. The number of rotatable bonds is 4. The fourth-order valence-electron chi connectivity index (χ4n) is 3.50. The van der Waals surface area contributed by atoms with E-state index in [9.17, 15) is 9.18 Å². The highest BCUT2D eigenvalue weighted by Gasteiger charge is 2.42. The lowest BCUT2D eigenvalue weighted by Gasteiger charge is -2.27. The standard InChI is InChI=1S/C21H14BrCl2FN2O2/c1-29-13-5-2-11(3-6-13)10-27-19(14-8-12(25)4-7-16(14)23)17-15(22)9-26-20(24)18(17)21(27)28/h2-9,19H,10H2,1H3. The Bertz CT molecular complexity index is 1110. The third-order valence-electron chi connectivity index (χ3n) is 4.85. The van der Waals surface area contributed by atoms with Crippen LogP contribution >= 0.6 is 39.1 Å². The van der Waals surface area contributed by atoms with Crippen molar-refractivity contribution in [3.8, 4) is 5.75 Å². The molecule has 29 heavy (non-hydrogen) atoms. The lowest BCUT2D eigenvalue weighted by atomic mass is 9.98. The summed E-state index contributed by atoms with van der Waals surface area (Å²) in [7, 11) is 1.59. The molecule has 0 saturated heterocycles. The van der Waals surface area contributed by atoms with Gasteiger partial charge in [-0.05, 0) is 51.8 Å². The van der Waals surface area contributed by atoms with Gasteiger partial charge in [0, 0.05) is 33.4 Å². The molecule has 0 fully saturated rings. The van der Waals surface area contributed by atoms with Gasteiger partial charge in [0.2, 0.25) is 0 Å². The minimum absolute atomic E-state index is 0.1000. The number of fused-ring (bicyclic) bond motifs is 1. The van der Waals surface area contributed by atoms with Crippen molar-refractivity contribution in [3.05, 3.63) is 91.4 Å². The monoisotopic (exact) mass is 494 g/mol. The molecule has 0 spiro atoms. The molecule has 0 N–H and O–H groups in total. The maximum atomic E-state index is 14.1. The lowest BCUT2D eigenvalue weighted by molar-refractivity contribution is 0.0735. The van der Waals surface area contributed by atoms with E-state index in [0.717, 1.165) is 5.56 Å². The summed E-state index contributed by atoms with van der Waals surface area (Å²) in [6.07, 6.45) is 1.53. The van der Waals surface area contributed by atoms with Gasteiger partial charge in [-0.2, -0.15) is 0 Å². The lowest BCUT2D eigenvalue weighted by Crippen LogP contribution is -2.28. The van der Waals surface area contributed by atoms with E-state index in [1.54, 1.807) is 12.0 Å². The Hall–Kier alpha value is -2.15. The number of hydrogen-bond donors (Lipinski definition) is 0. The second kappa shape index (κ2) is 7.94. The summed E-state index contributed by atoms with van der Waals surface area (Å²) in [5, 5.41) is 0.458. The summed E-state index contributed by atoms with van der Waals surface area (Å²) >= 11 is 16.1. The van der Waals surface area contributed by atoms with E-state index in [1.807, 2.05) is 24.3 Å². The van der Waals surface area contributed by atoms with Gasteiger partial charge < -0.3 is 9.64 Å². The van der Waals surface area contributed by atoms with E-state index in [4.69, 9.17) is 27.9 Å². The van der Waals surface area contributed by atoms with Crippen molar-refractivity contribution in [2.24, 2.45) is 0 Å². The molecule has 1 aliphatic heterocycles. The highest BCUT2D eigenvalue weighted by atomic mass is 79.9. The summed E-state index contributed by atoms with van der Waals surface area (Å²) in [5.74, 6) is -0.0181. The Morgan fingerprint density at radius 1 is 1.21 bits per heavy atom. The first-order valence-electron chi connectivity index (χ1n) is 8.63. The molecule has 1 atom stereocenters. The van der Waals surface area contributed by atoms with Crippen LogP contribution in [0.15, 0.2) is 53.1 Å². The van der Waals surface area contributed by atoms with Crippen molar-refractivity contribution in [2.75, 3.05) is 7.11 Å². The van der Waals surface area contributed by atoms with Crippen LogP contribution in [0.1, 0.15) is 33.1 Å². The minimum Gasteiger partial charge on any atom is -0.497 e. The van der Waals surface area contributed by atoms with E-state index in [1.165, 1.54) is 24.4 Å². The number of amides is 1. The third kappa shape index (κ3) is 3.61. The van der Waals surface area contributed by atoms with Crippen LogP contribution in [0.5, 0.6) is 5.75 Å². The van der Waals surface area contributed by atoms with Crippen molar-refractivity contribution in [1.82, 2.24) is 9.88 Å². The maximum Gasteiger partial charge on any atom is 0.258 e. The number of hydrogen-bond acceptors (Lipinski definition) is 3. The average Bonchev–Trinajstić information content (AvgIpc) is 3.01. The number of carbonyl (C=O) groups is 1. The number of benzene rings is 2. The first-order chi connectivity index (χ1) is 13.9. The van der Waals surface area contributed by atoms with Gasteiger partial charge in [0.05, 0.1) is 18.7 Å². The highest BCUT2D eigenvalue weighted by molar-refractivity contribution is 9.10. The average molecular weight is 496 g/mol. The third-order valence-corrected chi connectivity index (χ3v) is 6.11. The second-order valence-corrected chi connectivity index (χ2v) is 8.15. The van der Waals surface area contributed by atoms with Crippen molar-refractivity contribution in [3.63, 3.8) is 0 Å². The largest absolute Gasteiger partial charge is 0.497 e. The Morgan fingerprint density at radius 2 is 1.93 bits per heavy atom. The van der Waals surface area contributed by atoms with Crippen LogP contribution in [0.3, 0.4) is 0 Å². The van der Waals surface area contributed by atoms with Gasteiger partial charge in [-0.25, -0.2) is 9.37 Å². The molecule has 1 aromatic heterocycles. The molecule has 1 amide bonds. The minimum atomic E-state index is -0.613. The first kappa shape index (κ1) is 20.1. The predicted molar refractivity (Wildman–Crippen MR) is 113 cm³/mol. The second-order valence-electron chi connectivity index (χ2n) is 6.54. The molecule has 0 bridgehead atoms. The van der Waals surface area contributed by atoms with Gasteiger partial charge in [0.1, 0.15) is 16.7 Å². The molecule has 0 saturated carbocycles. The highest BCUT2D eigenvalue weighted by Crippen LogP contribution is 2.46. The van der Waals surface area contributed by atoms with Gasteiger partial charge >= 0.3 is 0 Å². The molecule has 8 heteroatoms. The zero-order valence-corrected chi connectivity index (χ0v) is 18.2. The van der Waals surface area contributed by atoms with E-state index in [2.05, 4.69) is 20.9 Å². The zero-order chi connectivity index (χ0) is 20.7. The topological polar surface area (TPSA) is 42.4 Å². The fourth-order valence-corrected chi connectivity index (χ4v) is 4.47. The first-order valence-corrected chi connectivity index (χ1v) is 10.2. The van der Waals surface area contributed by atoms with Crippen LogP contribution in [-0.2, 0) is 6.54 Å². The number of halogens is 4. The Morgan fingerprint density at radius 3 is 2.62 bits per heavy atom. The summed E-state index contributed by atoms with van der Waals surface area (Å²) < 4.78 is 19.9. The number of aromatic nitrogens is 1. The van der Waals surface area contributed by atoms with Crippen LogP contribution in [0.4, 0.5) is 4.39 Å². The molecule has 1 unspecified atom stereocenters.